The summed E-state index contributed by atoms with van der Waals surface area (Å²) in [4.78, 5) is 17.9. The van der Waals surface area contributed by atoms with Crippen LogP contribution in [0, 0.1) is 0 Å². The van der Waals surface area contributed by atoms with Crippen molar-refractivity contribution in [3.63, 3.8) is 0 Å². The van der Waals surface area contributed by atoms with Gasteiger partial charge < -0.3 is 10.0 Å². The third-order valence-electron chi connectivity index (χ3n) is 4.11. The first kappa shape index (κ1) is 13.3. The highest BCUT2D eigenvalue weighted by molar-refractivity contribution is 7.10. The van der Waals surface area contributed by atoms with Gasteiger partial charge >= 0.3 is 5.97 Å². The molecule has 0 saturated heterocycles. The molecule has 4 rings (SSSR count). The molecule has 2 aliphatic heterocycles. The number of benzene rings is 1. The van der Waals surface area contributed by atoms with Gasteiger partial charge in [-0.3, -0.25) is 0 Å². The van der Waals surface area contributed by atoms with Crippen LogP contribution in [0.1, 0.15) is 22.6 Å². The van der Waals surface area contributed by atoms with E-state index in [0.717, 1.165) is 29.2 Å². The largest absolute Gasteiger partial charge is 0.478 e. The van der Waals surface area contributed by atoms with Gasteiger partial charge in [0.15, 0.2) is 0 Å². The van der Waals surface area contributed by atoms with E-state index in [9.17, 15) is 9.90 Å². The molecule has 110 valence electrons. The van der Waals surface area contributed by atoms with E-state index in [2.05, 4.69) is 28.1 Å². The van der Waals surface area contributed by atoms with Crippen LogP contribution in [-0.2, 0) is 11.2 Å². The Labute approximate surface area is 132 Å². The second-order valence-corrected chi connectivity index (χ2v) is 6.30. The fourth-order valence-corrected chi connectivity index (χ4v) is 3.81. The highest BCUT2D eigenvalue weighted by atomic mass is 32.1. The molecule has 0 bridgehead atoms. The molecule has 1 aromatic heterocycles. The van der Waals surface area contributed by atoms with Gasteiger partial charge in [0.1, 0.15) is 5.01 Å². The van der Waals surface area contributed by atoms with Crippen LogP contribution in [-0.4, -0.2) is 27.5 Å². The lowest BCUT2D eigenvalue weighted by molar-refractivity contribution is -0.132. The number of nitrogens with zero attached hydrogens (tertiary/aromatic N) is 2. The molecule has 0 fully saturated rings. The van der Waals surface area contributed by atoms with E-state index in [-0.39, 0.29) is 0 Å². The Morgan fingerprint density at radius 2 is 2.18 bits per heavy atom. The van der Waals surface area contributed by atoms with Crippen LogP contribution in [0.25, 0.3) is 11.3 Å². The van der Waals surface area contributed by atoms with Gasteiger partial charge in [0.2, 0.25) is 0 Å². The number of allylic oxidation sites excluding steroid dienone is 1. The van der Waals surface area contributed by atoms with Gasteiger partial charge in [0, 0.05) is 41.9 Å². The Kier molecular flexibility index (Phi) is 3.08. The molecular formula is C17H14N2O2S. The number of aromatic nitrogens is 1. The minimum absolute atomic E-state index is 0.420. The van der Waals surface area contributed by atoms with Crippen LogP contribution in [0.15, 0.2) is 47.6 Å². The summed E-state index contributed by atoms with van der Waals surface area (Å²) in [5, 5.41) is 12.2. The number of hydrogen-bond donors (Lipinski definition) is 1. The second kappa shape index (κ2) is 5.10. The topological polar surface area (TPSA) is 53.4 Å². The maximum atomic E-state index is 11.5. The second-order valence-electron chi connectivity index (χ2n) is 5.40. The Bertz CT molecular complexity index is 806. The van der Waals surface area contributed by atoms with Gasteiger partial charge in [-0.1, -0.05) is 24.3 Å². The molecule has 1 N–H and O–H groups in total. The quantitative estimate of drug-likeness (QED) is 0.925. The van der Waals surface area contributed by atoms with Crippen molar-refractivity contribution in [2.75, 3.05) is 6.54 Å². The average molecular weight is 310 g/mol. The zero-order valence-corrected chi connectivity index (χ0v) is 12.6. The number of rotatable bonds is 2. The number of aliphatic carboxylic acids is 1. The average Bonchev–Trinajstić information content (AvgIpc) is 3.07. The standard InChI is InChI=1S/C17H14N2O2S/c20-17(21)12-9-14(16-18-6-8-22-16)15-13-4-2-1-3-11(13)5-7-19(15)10-12/h1-4,6,8,10H,5,7,9H2,(H,20,21). The fraction of sp³-hybridized carbons (Fsp3) is 0.176. The number of fused-ring (bicyclic) bond motifs is 3. The third-order valence-corrected chi connectivity index (χ3v) is 4.94. The molecule has 2 aromatic rings. The van der Waals surface area contributed by atoms with Crippen molar-refractivity contribution in [2.24, 2.45) is 0 Å². The predicted octanol–water partition coefficient (Wildman–Crippen LogP) is 3.24. The summed E-state index contributed by atoms with van der Waals surface area (Å²) in [6, 6.07) is 8.35. The summed E-state index contributed by atoms with van der Waals surface area (Å²) in [6.07, 6.45) is 4.90. The Morgan fingerprint density at radius 3 is 2.95 bits per heavy atom. The third kappa shape index (κ3) is 2.05. The Balaban J connectivity index is 1.93. The molecule has 2 aliphatic rings. The van der Waals surface area contributed by atoms with Crippen molar-refractivity contribution in [1.29, 1.82) is 0 Å². The summed E-state index contributed by atoms with van der Waals surface area (Å²) in [6.45, 7) is 0.804. The summed E-state index contributed by atoms with van der Waals surface area (Å²) in [7, 11) is 0. The van der Waals surface area contributed by atoms with Crippen molar-refractivity contribution in [2.45, 2.75) is 12.8 Å². The fourth-order valence-electron chi connectivity index (χ4n) is 3.13. The van der Waals surface area contributed by atoms with Crippen molar-refractivity contribution < 1.29 is 9.90 Å². The summed E-state index contributed by atoms with van der Waals surface area (Å²) in [5.74, 6) is -0.855. The first-order chi connectivity index (χ1) is 10.7. The van der Waals surface area contributed by atoms with Crippen LogP contribution >= 0.6 is 11.3 Å². The molecule has 4 nitrogen and oxygen atoms in total. The molecule has 3 heterocycles. The highest BCUT2D eigenvalue weighted by Crippen LogP contribution is 2.41. The summed E-state index contributed by atoms with van der Waals surface area (Å²) in [5.41, 5.74) is 5.06. The van der Waals surface area contributed by atoms with Crippen molar-refractivity contribution in [1.82, 2.24) is 9.88 Å². The lowest BCUT2D eigenvalue weighted by Crippen LogP contribution is -2.29. The maximum Gasteiger partial charge on any atom is 0.333 e. The lowest BCUT2D eigenvalue weighted by Gasteiger charge is -2.35. The van der Waals surface area contributed by atoms with Crippen LogP contribution in [0.3, 0.4) is 0 Å². The Morgan fingerprint density at radius 1 is 1.32 bits per heavy atom. The number of carbonyl (C=O) groups is 1. The van der Waals surface area contributed by atoms with Gasteiger partial charge in [-0.2, -0.15) is 0 Å². The van der Waals surface area contributed by atoms with E-state index in [1.165, 1.54) is 11.1 Å². The Hall–Kier alpha value is -2.40. The monoisotopic (exact) mass is 310 g/mol. The molecule has 0 atom stereocenters. The van der Waals surface area contributed by atoms with Crippen molar-refractivity contribution >= 4 is 28.6 Å². The van der Waals surface area contributed by atoms with E-state index in [1.54, 1.807) is 23.7 Å². The molecule has 0 unspecified atom stereocenters. The van der Waals surface area contributed by atoms with E-state index >= 15 is 0 Å². The minimum atomic E-state index is -0.855. The number of carboxylic acids is 1. The molecule has 22 heavy (non-hydrogen) atoms. The van der Waals surface area contributed by atoms with Crippen molar-refractivity contribution in [3.8, 4) is 0 Å². The van der Waals surface area contributed by atoms with Crippen LogP contribution in [0.4, 0.5) is 0 Å². The normalized spacial score (nSPS) is 16.9. The summed E-state index contributed by atoms with van der Waals surface area (Å²) < 4.78 is 0. The van der Waals surface area contributed by atoms with Gasteiger partial charge in [-0.25, -0.2) is 9.78 Å². The van der Waals surface area contributed by atoms with Gasteiger partial charge in [-0.05, 0) is 12.0 Å². The predicted molar refractivity (Wildman–Crippen MR) is 86.1 cm³/mol. The first-order valence-corrected chi connectivity index (χ1v) is 8.04. The molecule has 1 aromatic carbocycles. The van der Waals surface area contributed by atoms with E-state index in [1.807, 2.05) is 11.4 Å². The summed E-state index contributed by atoms with van der Waals surface area (Å²) >= 11 is 1.56. The zero-order valence-electron chi connectivity index (χ0n) is 11.8. The maximum absolute atomic E-state index is 11.5. The van der Waals surface area contributed by atoms with Gasteiger partial charge in [0.05, 0.1) is 11.3 Å². The molecular weight excluding hydrogens is 296 g/mol. The molecule has 0 aliphatic carbocycles. The van der Waals surface area contributed by atoms with Crippen molar-refractivity contribution in [3.05, 3.63) is 63.7 Å². The smallest absolute Gasteiger partial charge is 0.333 e. The van der Waals surface area contributed by atoms with Gasteiger partial charge in [0.25, 0.3) is 0 Å². The van der Waals surface area contributed by atoms with E-state index in [4.69, 9.17) is 0 Å². The first-order valence-electron chi connectivity index (χ1n) is 7.16. The molecule has 0 amide bonds. The van der Waals surface area contributed by atoms with E-state index < -0.39 is 5.97 Å². The number of hydrogen-bond acceptors (Lipinski definition) is 4. The number of thiazole rings is 1. The van der Waals surface area contributed by atoms with E-state index in [0.29, 0.717) is 12.0 Å². The lowest BCUT2D eigenvalue weighted by atomic mass is 9.89. The van der Waals surface area contributed by atoms with Gasteiger partial charge in [-0.15, -0.1) is 11.3 Å². The molecule has 0 spiro atoms. The van der Waals surface area contributed by atoms with Crippen LogP contribution < -0.4 is 0 Å². The SMILES string of the molecule is O=C(O)C1=CN2CCc3ccccc3C2=C(c2nccs2)C1. The minimum Gasteiger partial charge on any atom is -0.478 e. The highest BCUT2D eigenvalue weighted by Gasteiger charge is 2.30. The molecule has 5 heteroatoms. The van der Waals surface area contributed by atoms with Crippen LogP contribution in [0.5, 0.6) is 0 Å². The number of carboxylic acid groups (broad SMARTS) is 1. The molecule has 0 saturated carbocycles. The molecule has 0 radical (unpaired) electrons. The van der Waals surface area contributed by atoms with Crippen LogP contribution in [0.2, 0.25) is 0 Å². The zero-order chi connectivity index (χ0) is 15.1.